The van der Waals surface area contributed by atoms with Crippen molar-refractivity contribution in [3.8, 4) is 11.5 Å². The van der Waals surface area contributed by atoms with Gasteiger partial charge in [0.05, 0.1) is 17.3 Å². The van der Waals surface area contributed by atoms with E-state index < -0.39 is 17.8 Å². The zero-order valence-corrected chi connectivity index (χ0v) is 19.3. The van der Waals surface area contributed by atoms with Gasteiger partial charge in [-0.05, 0) is 65.1 Å². The molecule has 1 aromatic rings. The lowest BCUT2D eigenvalue weighted by atomic mass is 9.86. The fourth-order valence-electron chi connectivity index (χ4n) is 3.92. The number of hydrogen-bond donors (Lipinski definition) is 2. The standard InChI is InChI=1S/C22H27IN2O5/c1-29-18-13-15(11-16-20(26)24-22(28)25-21(16)27)12-17(23)19(18)30-10-6-5-9-14-7-3-2-4-8-14/h11-14H,2-10H2,1H3,(H2,24,25,26,27,28). The van der Waals surface area contributed by atoms with Gasteiger partial charge in [0.2, 0.25) is 0 Å². The molecule has 0 unspecified atom stereocenters. The first-order chi connectivity index (χ1) is 14.5. The third-order valence-corrected chi connectivity index (χ3v) is 6.29. The number of imide groups is 2. The van der Waals surface area contributed by atoms with Crippen LogP contribution in [0.3, 0.4) is 0 Å². The molecule has 8 heteroatoms. The van der Waals surface area contributed by atoms with Gasteiger partial charge in [-0.1, -0.05) is 38.5 Å². The number of methoxy groups -OCH3 is 1. The van der Waals surface area contributed by atoms with Crippen molar-refractivity contribution in [1.29, 1.82) is 0 Å². The number of carbonyl (C=O) groups is 3. The quantitative estimate of drug-likeness (QED) is 0.230. The van der Waals surface area contributed by atoms with E-state index in [0.29, 0.717) is 23.7 Å². The van der Waals surface area contributed by atoms with E-state index in [2.05, 4.69) is 33.2 Å². The van der Waals surface area contributed by atoms with E-state index >= 15 is 0 Å². The summed E-state index contributed by atoms with van der Waals surface area (Å²) in [5.74, 6) is 0.622. The molecule has 0 spiro atoms. The van der Waals surface area contributed by atoms with Crippen LogP contribution in [-0.2, 0) is 9.59 Å². The lowest BCUT2D eigenvalue weighted by molar-refractivity contribution is -0.123. The third kappa shape index (κ3) is 5.96. The molecule has 2 fully saturated rings. The van der Waals surface area contributed by atoms with Crippen LogP contribution < -0.4 is 20.1 Å². The Morgan fingerprint density at radius 2 is 1.77 bits per heavy atom. The van der Waals surface area contributed by atoms with Crippen LogP contribution in [0.4, 0.5) is 4.79 Å². The van der Waals surface area contributed by atoms with Crippen molar-refractivity contribution >= 4 is 46.5 Å². The van der Waals surface area contributed by atoms with Crippen molar-refractivity contribution in [2.75, 3.05) is 13.7 Å². The number of amides is 4. The van der Waals surface area contributed by atoms with E-state index in [1.807, 2.05) is 6.07 Å². The van der Waals surface area contributed by atoms with Crippen molar-refractivity contribution in [3.05, 3.63) is 26.8 Å². The van der Waals surface area contributed by atoms with Crippen LogP contribution in [0, 0.1) is 9.49 Å². The summed E-state index contributed by atoms with van der Waals surface area (Å²) in [5, 5.41) is 4.12. The lowest BCUT2D eigenvalue weighted by Gasteiger charge is -2.21. The van der Waals surface area contributed by atoms with Crippen LogP contribution in [-0.4, -0.2) is 31.6 Å². The molecule has 1 saturated carbocycles. The van der Waals surface area contributed by atoms with Gasteiger partial charge in [-0.2, -0.15) is 0 Å². The van der Waals surface area contributed by atoms with Crippen LogP contribution in [0.2, 0.25) is 0 Å². The van der Waals surface area contributed by atoms with E-state index in [0.717, 1.165) is 22.3 Å². The number of hydrogen-bond acceptors (Lipinski definition) is 5. The maximum atomic E-state index is 11.9. The molecule has 7 nitrogen and oxygen atoms in total. The Kier molecular flexibility index (Phi) is 8.12. The van der Waals surface area contributed by atoms with E-state index in [1.165, 1.54) is 44.6 Å². The molecule has 4 amide bonds. The van der Waals surface area contributed by atoms with Crippen LogP contribution in [0.25, 0.3) is 6.08 Å². The molecule has 1 aliphatic carbocycles. The molecule has 2 N–H and O–H groups in total. The molecule has 0 atom stereocenters. The van der Waals surface area contributed by atoms with Crippen molar-refractivity contribution < 1.29 is 23.9 Å². The number of nitrogens with one attached hydrogen (secondary N) is 2. The number of barbiturate groups is 1. The number of ether oxygens (including phenoxy) is 2. The third-order valence-electron chi connectivity index (χ3n) is 5.48. The Morgan fingerprint density at radius 3 is 2.43 bits per heavy atom. The number of unbranched alkanes of at least 4 members (excludes halogenated alkanes) is 1. The molecule has 30 heavy (non-hydrogen) atoms. The molecule has 3 rings (SSSR count). The van der Waals surface area contributed by atoms with E-state index in [-0.39, 0.29) is 5.57 Å². The van der Waals surface area contributed by atoms with Crippen molar-refractivity contribution in [2.24, 2.45) is 5.92 Å². The molecular weight excluding hydrogens is 499 g/mol. The highest BCUT2D eigenvalue weighted by molar-refractivity contribution is 14.1. The Hall–Kier alpha value is -2.10. The highest BCUT2D eigenvalue weighted by Crippen LogP contribution is 2.35. The fourth-order valence-corrected chi connectivity index (χ4v) is 4.70. The number of carbonyl (C=O) groups excluding carboxylic acids is 3. The summed E-state index contributed by atoms with van der Waals surface area (Å²) < 4.78 is 12.3. The summed E-state index contributed by atoms with van der Waals surface area (Å²) in [6.07, 6.45) is 11.7. The number of benzene rings is 1. The van der Waals surface area contributed by atoms with Gasteiger partial charge in [-0.3, -0.25) is 20.2 Å². The first-order valence-corrected chi connectivity index (χ1v) is 11.4. The van der Waals surface area contributed by atoms with Gasteiger partial charge in [0.25, 0.3) is 11.8 Å². The molecule has 0 radical (unpaired) electrons. The summed E-state index contributed by atoms with van der Waals surface area (Å²) in [6, 6.07) is 2.70. The topological polar surface area (TPSA) is 93.7 Å². The fraction of sp³-hybridized carbons (Fsp3) is 0.500. The Morgan fingerprint density at radius 1 is 1.07 bits per heavy atom. The largest absolute Gasteiger partial charge is 0.493 e. The SMILES string of the molecule is COc1cc(C=C2C(=O)NC(=O)NC2=O)cc(I)c1OCCCCC1CCCCC1. The summed E-state index contributed by atoms with van der Waals surface area (Å²) in [5.41, 5.74) is 0.472. The highest BCUT2D eigenvalue weighted by atomic mass is 127. The number of halogens is 1. The van der Waals surface area contributed by atoms with Crippen LogP contribution >= 0.6 is 22.6 Å². The molecular formula is C22H27IN2O5. The zero-order valence-electron chi connectivity index (χ0n) is 17.1. The molecule has 1 saturated heterocycles. The summed E-state index contributed by atoms with van der Waals surface area (Å²) in [6.45, 7) is 0.618. The van der Waals surface area contributed by atoms with E-state index in [4.69, 9.17) is 9.47 Å². The van der Waals surface area contributed by atoms with Gasteiger partial charge in [-0.15, -0.1) is 0 Å². The average molecular weight is 526 g/mol. The highest BCUT2D eigenvalue weighted by Gasteiger charge is 2.28. The second kappa shape index (κ2) is 10.8. The molecule has 1 aromatic carbocycles. The molecule has 0 bridgehead atoms. The molecule has 2 aliphatic rings. The molecule has 1 heterocycles. The smallest absolute Gasteiger partial charge is 0.328 e. The predicted octanol–water partition coefficient (Wildman–Crippen LogP) is 4.18. The average Bonchev–Trinajstić information content (AvgIpc) is 2.72. The van der Waals surface area contributed by atoms with Gasteiger partial charge in [0, 0.05) is 0 Å². The van der Waals surface area contributed by atoms with Gasteiger partial charge < -0.3 is 9.47 Å². The minimum atomic E-state index is -0.818. The molecule has 0 aromatic heterocycles. The van der Waals surface area contributed by atoms with E-state index in [1.54, 1.807) is 13.2 Å². The van der Waals surface area contributed by atoms with Crippen LogP contribution in [0.1, 0.15) is 56.9 Å². The van der Waals surface area contributed by atoms with Gasteiger partial charge in [0.1, 0.15) is 5.57 Å². The maximum absolute atomic E-state index is 11.9. The van der Waals surface area contributed by atoms with Crippen molar-refractivity contribution in [1.82, 2.24) is 10.6 Å². The minimum Gasteiger partial charge on any atom is -0.493 e. The molecule has 1 aliphatic heterocycles. The summed E-state index contributed by atoms with van der Waals surface area (Å²) in [7, 11) is 1.55. The summed E-state index contributed by atoms with van der Waals surface area (Å²) in [4.78, 5) is 35.0. The van der Waals surface area contributed by atoms with Crippen molar-refractivity contribution in [2.45, 2.75) is 51.4 Å². The first-order valence-electron chi connectivity index (χ1n) is 10.4. The van der Waals surface area contributed by atoms with Gasteiger partial charge in [0.15, 0.2) is 11.5 Å². The monoisotopic (exact) mass is 526 g/mol. The second-order valence-electron chi connectivity index (χ2n) is 7.68. The van der Waals surface area contributed by atoms with Gasteiger partial charge in [-0.25, -0.2) is 4.79 Å². The zero-order chi connectivity index (χ0) is 21.5. The lowest BCUT2D eigenvalue weighted by Crippen LogP contribution is -2.51. The first kappa shape index (κ1) is 22.6. The van der Waals surface area contributed by atoms with E-state index in [9.17, 15) is 14.4 Å². The predicted molar refractivity (Wildman–Crippen MR) is 121 cm³/mol. The number of rotatable bonds is 8. The second-order valence-corrected chi connectivity index (χ2v) is 8.84. The van der Waals surface area contributed by atoms with Crippen LogP contribution in [0.5, 0.6) is 11.5 Å². The maximum Gasteiger partial charge on any atom is 0.328 e. The normalized spacial score (nSPS) is 17.4. The number of urea groups is 1. The van der Waals surface area contributed by atoms with Gasteiger partial charge >= 0.3 is 6.03 Å². The Balaban J connectivity index is 1.61. The molecule has 162 valence electrons. The summed E-state index contributed by atoms with van der Waals surface area (Å²) >= 11 is 2.15. The van der Waals surface area contributed by atoms with Crippen molar-refractivity contribution in [3.63, 3.8) is 0 Å². The van der Waals surface area contributed by atoms with Crippen LogP contribution in [0.15, 0.2) is 17.7 Å². The minimum absolute atomic E-state index is 0.135. The Bertz CT molecular complexity index is 824. The Labute approximate surface area is 190 Å².